The maximum Gasteiger partial charge on any atom is 0.151 e. The third-order valence-corrected chi connectivity index (χ3v) is 4.45. The highest BCUT2D eigenvalue weighted by molar-refractivity contribution is 5.38. The van der Waals surface area contributed by atoms with E-state index in [-0.39, 0.29) is 0 Å². The molecule has 23 heavy (non-hydrogen) atoms. The Morgan fingerprint density at radius 1 is 1.17 bits per heavy atom. The first-order valence-corrected chi connectivity index (χ1v) is 8.34. The van der Waals surface area contributed by atoms with Gasteiger partial charge in [-0.1, -0.05) is 5.21 Å². The second-order valence-corrected chi connectivity index (χ2v) is 6.47. The fourth-order valence-corrected chi connectivity index (χ4v) is 2.87. The van der Waals surface area contributed by atoms with Crippen LogP contribution in [0.1, 0.15) is 36.3 Å². The quantitative estimate of drug-likeness (QED) is 0.837. The van der Waals surface area contributed by atoms with Crippen molar-refractivity contribution in [3.8, 4) is 0 Å². The van der Waals surface area contributed by atoms with E-state index in [0.717, 1.165) is 61.5 Å². The lowest BCUT2D eigenvalue weighted by Crippen LogP contribution is -2.24. The van der Waals surface area contributed by atoms with Gasteiger partial charge in [0, 0.05) is 19.7 Å². The number of aryl methyl sites for hydroxylation is 2. The van der Waals surface area contributed by atoms with E-state index in [2.05, 4.69) is 25.4 Å². The first-order valence-electron chi connectivity index (χ1n) is 8.34. The van der Waals surface area contributed by atoms with Crippen LogP contribution < -0.4 is 4.90 Å². The van der Waals surface area contributed by atoms with Gasteiger partial charge in [0.15, 0.2) is 5.82 Å². The first-order chi connectivity index (χ1) is 11.3. The van der Waals surface area contributed by atoms with Gasteiger partial charge < -0.3 is 9.64 Å². The molecule has 2 aromatic rings. The highest BCUT2D eigenvalue weighted by atomic mass is 16.5. The average Bonchev–Trinajstić information content (AvgIpc) is 3.34. The standard InChI is InChI=1S/C16H22N6O/c1-12-3-6-16(19-17-12)21-7-2-8-22-15(9-21)14(18-20-22)11-23-10-13-4-5-13/h3,6,13H,2,4-5,7-11H2,1H3. The number of anilines is 1. The van der Waals surface area contributed by atoms with Crippen molar-refractivity contribution < 1.29 is 4.74 Å². The summed E-state index contributed by atoms with van der Waals surface area (Å²) in [4.78, 5) is 2.25. The summed E-state index contributed by atoms with van der Waals surface area (Å²) in [6.45, 7) is 5.95. The molecule has 2 aliphatic rings. The van der Waals surface area contributed by atoms with Gasteiger partial charge in [-0.2, -0.15) is 5.10 Å². The third kappa shape index (κ3) is 3.34. The molecular weight excluding hydrogens is 292 g/mol. The molecule has 7 nitrogen and oxygen atoms in total. The molecule has 0 N–H and O–H groups in total. The predicted octanol–water partition coefficient (Wildman–Crippen LogP) is 1.71. The number of ether oxygens (including phenoxy) is 1. The number of aromatic nitrogens is 5. The van der Waals surface area contributed by atoms with Crippen molar-refractivity contribution in [3.05, 3.63) is 29.2 Å². The van der Waals surface area contributed by atoms with E-state index >= 15 is 0 Å². The largest absolute Gasteiger partial charge is 0.375 e. The molecule has 2 aromatic heterocycles. The summed E-state index contributed by atoms with van der Waals surface area (Å²) >= 11 is 0. The van der Waals surface area contributed by atoms with Gasteiger partial charge in [0.05, 0.1) is 24.5 Å². The molecular formula is C16H22N6O. The first kappa shape index (κ1) is 14.6. The molecule has 0 atom stereocenters. The second-order valence-electron chi connectivity index (χ2n) is 6.47. The number of fused-ring (bicyclic) bond motifs is 1. The second kappa shape index (κ2) is 6.23. The molecule has 1 aliphatic heterocycles. The minimum atomic E-state index is 0.555. The number of nitrogens with zero attached hydrogens (tertiary/aromatic N) is 6. The topological polar surface area (TPSA) is 69.0 Å². The van der Waals surface area contributed by atoms with Crippen LogP contribution in [0.4, 0.5) is 5.82 Å². The van der Waals surface area contributed by atoms with Gasteiger partial charge >= 0.3 is 0 Å². The highest BCUT2D eigenvalue weighted by Crippen LogP contribution is 2.29. The molecule has 1 aliphatic carbocycles. The molecule has 0 radical (unpaired) electrons. The van der Waals surface area contributed by atoms with E-state index in [0.29, 0.717) is 6.61 Å². The fourth-order valence-electron chi connectivity index (χ4n) is 2.87. The lowest BCUT2D eigenvalue weighted by atomic mass is 10.3. The van der Waals surface area contributed by atoms with Crippen LogP contribution in [0.5, 0.6) is 0 Å². The van der Waals surface area contributed by atoms with Gasteiger partial charge in [-0.3, -0.25) is 0 Å². The van der Waals surface area contributed by atoms with Crippen molar-refractivity contribution in [1.82, 2.24) is 25.2 Å². The maximum absolute atomic E-state index is 5.80. The van der Waals surface area contributed by atoms with Gasteiger partial charge in [0.2, 0.25) is 0 Å². The third-order valence-electron chi connectivity index (χ3n) is 4.45. The number of hydrogen-bond donors (Lipinski definition) is 0. The molecule has 0 aromatic carbocycles. The Morgan fingerprint density at radius 3 is 2.87 bits per heavy atom. The van der Waals surface area contributed by atoms with Crippen molar-refractivity contribution >= 4 is 5.82 Å². The molecule has 0 unspecified atom stereocenters. The minimum Gasteiger partial charge on any atom is -0.375 e. The zero-order valence-corrected chi connectivity index (χ0v) is 13.5. The Hall–Kier alpha value is -2.02. The van der Waals surface area contributed by atoms with E-state index in [1.165, 1.54) is 12.8 Å². The summed E-state index contributed by atoms with van der Waals surface area (Å²) < 4.78 is 7.81. The van der Waals surface area contributed by atoms with Crippen LogP contribution >= 0.6 is 0 Å². The molecule has 122 valence electrons. The van der Waals surface area contributed by atoms with Gasteiger partial charge in [-0.05, 0) is 44.2 Å². The number of rotatable bonds is 5. The Kier molecular flexibility index (Phi) is 3.95. The summed E-state index contributed by atoms with van der Waals surface area (Å²) in [6.07, 6.45) is 3.63. The van der Waals surface area contributed by atoms with Crippen LogP contribution in [0.15, 0.2) is 12.1 Å². The van der Waals surface area contributed by atoms with Crippen molar-refractivity contribution in [1.29, 1.82) is 0 Å². The molecule has 0 saturated heterocycles. The minimum absolute atomic E-state index is 0.555. The lowest BCUT2D eigenvalue weighted by molar-refractivity contribution is 0.108. The Morgan fingerprint density at radius 2 is 2.09 bits per heavy atom. The Bertz CT molecular complexity index is 664. The molecule has 1 fully saturated rings. The molecule has 3 heterocycles. The van der Waals surface area contributed by atoms with E-state index in [1.54, 1.807) is 0 Å². The van der Waals surface area contributed by atoms with Crippen molar-refractivity contribution in [2.45, 2.75) is 45.9 Å². The van der Waals surface area contributed by atoms with Gasteiger partial charge in [0.25, 0.3) is 0 Å². The smallest absolute Gasteiger partial charge is 0.151 e. The van der Waals surface area contributed by atoms with E-state index in [1.807, 2.05) is 23.7 Å². The summed E-state index contributed by atoms with van der Waals surface area (Å²) in [5.74, 6) is 1.68. The Labute approximate surface area is 135 Å². The monoisotopic (exact) mass is 314 g/mol. The van der Waals surface area contributed by atoms with Crippen LogP contribution in [-0.4, -0.2) is 38.3 Å². The summed E-state index contributed by atoms with van der Waals surface area (Å²) in [5, 5.41) is 17.1. The molecule has 1 saturated carbocycles. The molecule has 0 spiro atoms. The van der Waals surface area contributed by atoms with Crippen LogP contribution in [0.2, 0.25) is 0 Å². The fraction of sp³-hybridized carbons (Fsp3) is 0.625. The van der Waals surface area contributed by atoms with E-state index in [4.69, 9.17) is 4.74 Å². The van der Waals surface area contributed by atoms with Crippen LogP contribution in [0.3, 0.4) is 0 Å². The summed E-state index contributed by atoms with van der Waals surface area (Å²) in [7, 11) is 0. The van der Waals surface area contributed by atoms with Crippen LogP contribution in [-0.2, 0) is 24.4 Å². The van der Waals surface area contributed by atoms with Gasteiger partial charge in [-0.25, -0.2) is 4.68 Å². The summed E-state index contributed by atoms with van der Waals surface area (Å²) in [5.41, 5.74) is 3.03. The zero-order valence-electron chi connectivity index (χ0n) is 13.5. The van der Waals surface area contributed by atoms with E-state index < -0.39 is 0 Å². The normalized spacial score (nSPS) is 17.9. The molecule has 7 heteroatoms. The van der Waals surface area contributed by atoms with Crippen molar-refractivity contribution in [3.63, 3.8) is 0 Å². The SMILES string of the molecule is Cc1ccc(N2CCCn3nnc(COCC4CC4)c3C2)nn1. The molecule has 0 amide bonds. The van der Waals surface area contributed by atoms with Crippen molar-refractivity contribution in [2.75, 3.05) is 18.1 Å². The maximum atomic E-state index is 5.80. The summed E-state index contributed by atoms with van der Waals surface area (Å²) in [6, 6.07) is 4.04. The van der Waals surface area contributed by atoms with Crippen LogP contribution in [0, 0.1) is 12.8 Å². The molecule has 4 rings (SSSR count). The lowest BCUT2D eigenvalue weighted by Gasteiger charge is -2.20. The molecule has 0 bridgehead atoms. The zero-order chi connectivity index (χ0) is 15.6. The number of hydrogen-bond acceptors (Lipinski definition) is 6. The highest BCUT2D eigenvalue weighted by Gasteiger charge is 2.24. The van der Waals surface area contributed by atoms with Gasteiger partial charge in [0.1, 0.15) is 5.69 Å². The van der Waals surface area contributed by atoms with Gasteiger partial charge in [-0.15, -0.1) is 10.2 Å². The Balaban J connectivity index is 1.49. The van der Waals surface area contributed by atoms with Crippen LogP contribution in [0.25, 0.3) is 0 Å². The van der Waals surface area contributed by atoms with Crippen molar-refractivity contribution in [2.24, 2.45) is 5.92 Å². The predicted molar refractivity (Wildman–Crippen MR) is 84.8 cm³/mol. The average molecular weight is 314 g/mol. The van der Waals surface area contributed by atoms with E-state index in [9.17, 15) is 0 Å².